The smallest absolute Gasteiger partial charge is 0.204 e. The van der Waals surface area contributed by atoms with E-state index < -0.39 is 6.04 Å². The van der Waals surface area contributed by atoms with Gasteiger partial charge in [0.25, 0.3) is 0 Å². The molecule has 0 fully saturated rings. The number of hydrogen-bond acceptors (Lipinski definition) is 7. The van der Waals surface area contributed by atoms with Crippen molar-refractivity contribution in [3.8, 4) is 5.75 Å². The van der Waals surface area contributed by atoms with Gasteiger partial charge in [-0.25, -0.2) is 9.97 Å². The lowest BCUT2D eigenvalue weighted by Crippen LogP contribution is -2.28. The second kappa shape index (κ2) is 6.87. The number of rotatable bonds is 7. The second-order valence-corrected chi connectivity index (χ2v) is 3.34. The van der Waals surface area contributed by atoms with E-state index in [2.05, 4.69) is 20.6 Å². The maximum absolute atomic E-state index is 9.00. The highest BCUT2D eigenvalue weighted by Crippen LogP contribution is 2.28. The molecule has 0 aromatic carbocycles. The summed E-state index contributed by atoms with van der Waals surface area (Å²) in [7, 11) is 1.51. The molecule has 0 aliphatic carbocycles. The first-order valence-corrected chi connectivity index (χ1v) is 5.37. The van der Waals surface area contributed by atoms with E-state index in [0.717, 1.165) is 0 Å². The number of methoxy groups -OCH3 is 1. The Bertz CT molecular complexity index is 344. The van der Waals surface area contributed by atoms with Gasteiger partial charge in [0.2, 0.25) is 5.75 Å². The van der Waals surface area contributed by atoms with E-state index >= 15 is 0 Å². The van der Waals surface area contributed by atoms with E-state index in [1.54, 1.807) is 0 Å². The molecule has 17 heavy (non-hydrogen) atoms. The molecule has 0 aliphatic rings. The first-order valence-electron chi connectivity index (χ1n) is 5.37. The van der Waals surface area contributed by atoms with Gasteiger partial charge in [0.1, 0.15) is 6.33 Å². The lowest BCUT2D eigenvalue weighted by Gasteiger charge is -2.17. The van der Waals surface area contributed by atoms with Crippen LogP contribution >= 0.6 is 0 Å². The van der Waals surface area contributed by atoms with E-state index in [1.807, 2.05) is 6.92 Å². The molecule has 0 aliphatic heterocycles. The lowest BCUT2D eigenvalue weighted by atomic mass is 10.3. The second-order valence-electron chi connectivity index (χ2n) is 3.34. The molecule has 0 saturated carbocycles. The number of aliphatic hydroxyl groups excluding tert-OH is 2. The van der Waals surface area contributed by atoms with Gasteiger partial charge in [0.05, 0.1) is 26.4 Å². The molecule has 0 unspecified atom stereocenters. The summed E-state index contributed by atoms with van der Waals surface area (Å²) < 4.78 is 5.21. The van der Waals surface area contributed by atoms with E-state index in [4.69, 9.17) is 14.9 Å². The molecule has 1 aromatic rings. The fraction of sp³-hybridized carbons (Fsp3) is 0.600. The Hall–Kier alpha value is -1.60. The number of aromatic nitrogens is 2. The average molecular weight is 242 g/mol. The molecule has 0 bridgehead atoms. The van der Waals surface area contributed by atoms with E-state index in [1.165, 1.54) is 13.4 Å². The summed E-state index contributed by atoms with van der Waals surface area (Å²) in [6.07, 6.45) is 1.38. The van der Waals surface area contributed by atoms with E-state index in [-0.39, 0.29) is 13.2 Å². The van der Waals surface area contributed by atoms with Crippen molar-refractivity contribution in [2.45, 2.75) is 13.0 Å². The first-order chi connectivity index (χ1) is 8.26. The monoisotopic (exact) mass is 242 g/mol. The molecule has 0 amide bonds. The van der Waals surface area contributed by atoms with Crippen molar-refractivity contribution in [1.82, 2.24) is 9.97 Å². The summed E-state index contributed by atoms with van der Waals surface area (Å²) in [4.78, 5) is 8.07. The first kappa shape index (κ1) is 13.5. The van der Waals surface area contributed by atoms with Crippen molar-refractivity contribution in [3.05, 3.63) is 6.33 Å². The van der Waals surface area contributed by atoms with Crippen LogP contribution < -0.4 is 15.4 Å². The van der Waals surface area contributed by atoms with Crippen molar-refractivity contribution in [3.63, 3.8) is 0 Å². The normalized spacial score (nSPS) is 10.4. The number of anilines is 2. The van der Waals surface area contributed by atoms with E-state index in [9.17, 15) is 0 Å². The molecule has 0 radical (unpaired) electrons. The third-order valence-electron chi connectivity index (χ3n) is 2.13. The topological polar surface area (TPSA) is 99.5 Å². The standard InChI is InChI=1S/C10H18N4O3/c1-3-11-9-8(17-2)10(13-6-12-9)14-7(4-15)5-16/h6-7,15-16H,3-5H2,1-2H3,(H2,11,12,13,14). The van der Waals surface area contributed by atoms with Gasteiger partial charge in [-0.05, 0) is 6.92 Å². The zero-order valence-corrected chi connectivity index (χ0v) is 9.97. The highest BCUT2D eigenvalue weighted by molar-refractivity contribution is 5.63. The largest absolute Gasteiger partial charge is 0.490 e. The molecular formula is C10H18N4O3. The minimum atomic E-state index is -0.478. The van der Waals surface area contributed by atoms with Gasteiger partial charge in [-0.3, -0.25) is 0 Å². The van der Waals surface area contributed by atoms with Gasteiger partial charge in [-0.2, -0.15) is 0 Å². The highest BCUT2D eigenvalue weighted by atomic mass is 16.5. The predicted octanol–water partition coefficient (Wildman–Crippen LogP) is -0.318. The van der Waals surface area contributed by atoms with Gasteiger partial charge in [0.15, 0.2) is 11.6 Å². The van der Waals surface area contributed by atoms with Crippen LogP contribution in [-0.4, -0.2) is 53.1 Å². The number of ether oxygens (including phenoxy) is 1. The van der Waals surface area contributed by atoms with Crippen molar-refractivity contribution in [2.75, 3.05) is 37.5 Å². The van der Waals surface area contributed by atoms with Gasteiger partial charge in [0, 0.05) is 6.54 Å². The molecule has 0 spiro atoms. The summed E-state index contributed by atoms with van der Waals surface area (Å²) in [5.74, 6) is 1.47. The van der Waals surface area contributed by atoms with Crippen molar-refractivity contribution < 1.29 is 14.9 Å². The minimum Gasteiger partial charge on any atom is -0.490 e. The summed E-state index contributed by atoms with van der Waals surface area (Å²) in [5, 5.41) is 23.9. The molecule has 96 valence electrons. The van der Waals surface area contributed by atoms with Crippen LogP contribution in [0.15, 0.2) is 6.33 Å². The summed E-state index contributed by atoms with van der Waals surface area (Å²) in [6, 6.07) is -0.478. The number of aliphatic hydroxyl groups is 2. The molecule has 0 saturated heterocycles. The van der Waals surface area contributed by atoms with Crippen LogP contribution in [0.3, 0.4) is 0 Å². The summed E-state index contributed by atoms with van der Waals surface area (Å²) in [5.41, 5.74) is 0. The van der Waals surface area contributed by atoms with Crippen LogP contribution in [0.2, 0.25) is 0 Å². The predicted molar refractivity (Wildman–Crippen MR) is 64.3 cm³/mol. The molecule has 0 atom stereocenters. The highest BCUT2D eigenvalue weighted by Gasteiger charge is 2.14. The van der Waals surface area contributed by atoms with Crippen molar-refractivity contribution in [1.29, 1.82) is 0 Å². The van der Waals surface area contributed by atoms with Crippen molar-refractivity contribution in [2.24, 2.45) is 0 Å². The zero-order valence-electron chi connectivity index (χ0n) is 9.97. The van der Waals surface area contributed by atoms with Gasteiger partial charge in [-0.1, -0.05) is 0 Å². The Kier molecular flexibility index (Phi) is 5.44. The summed E-state index contributed by atoms with van der Waals surface area (Å²) >= 11 is 0. The molecule has 4 N–H and O–H groups in total. The Morgan fingerprint density at radius 1 is 1.29 bits per heavy atom. The molecule has 1 heterocycles. The Labute approximate surface area is 99.9 Å². The van der Waals surface area contributed by atoms with Crippen LogP contribution in [-0.2, 0) is 0 Å². The third kappa shape index (κ3) is 3.43. The fourth-order valence-corrected chi connectivity index (χ4v) is 1.31. The average Bonchev–Trinajstić information content (AvgIpc) is 2.36. The molecule has 7 heteroatoms. The molecule has 7 nitrogen and oxygen atoms in total. The minimum absolute atomic E-state index is 0.194. The van der Waals surface area contributed by atoms with Crippen molar-refractivity contribution >= 4 is 11.6 Å². The van der Waals surface area contributed by atoms with Crippen LogP contribution in [0, 0.1) is 0 Å². The molecule has 1 rings (SSSR count). The SMILES string of the molecule is CCNc1ncnc(NC(CO)CO)c1OC. The van der Waals surface area contributed by atoms with Gasteiger partial charge < -0.3 is 25.6 Å². The lowest BCUT2D eigenvalue weighted by molar-refractivity contribution is 0.203. The zero-order chi connectivity index (χ0) is 12.7. The van der Waals surface area contributed by atoms with Crippen LogP contribution in [0.25, 0.3) is 0 Å². The third-order valence-corrected chi connectivity index (χ3v) is 2.13. The maximum atomic E-state index is 9.00. The summed E-state index contributed by atoms with van der Waals surface area (Å²) in [6.45, 7) is 2.26. The number of nitrogens with zero attached hydrogens (tertiary/aromatic N) is 2. The van der Waals surface area contributed by atoms with Crippen LogP contribution in [0.1, 0.15) is 6.92 Å². The maximum Gasteiger partial charge on any atom is 0.204 e. The Morgan fingerprint density at radius 2 is 1.94 bits per heavy atom. The van der Waals surface area contributed by atoms with Gasteiger partial charge in [-0.15, -0.1) is 0 Å². The number of hydrogen-bond donors (Lipinski definition) is 4. The van der Waals surface area contributed by atoms with Crippen LogP contribution in [0.5, 0.6) is 5.75 Å². The number of nitrogens with one attached hydrogen (secondary N) is 2. The quantitative estimate of drug-likeness (QED) is 0.520. The molecule has 1 aromatic heterocycles. The van der Waals surface area contributed by atoms with E-state index in [0.29, 0.717) is 23.9 Å². The Morgan fingerprint density at radius 3 is 2.47 bits per heavy atom. The van der Waals surface area contributed by atoms with Crippen LogP contribution in [0.4, 0.5) is 11.6 Å². The Balaban J connectivity index is 2.93. The fourth-order valence-electron chi connectivity index (χ4n) is 1.31. The van der Waals surface area contributed by atoms with Gasteiger partial charge >= 0.3 is 0 Å². The molecular weight excluding hydrogens is 224 g/mol.